The van der Waals surface area contributed by atoms with Crippen LogP contribution in [0, 0.1) is 5.82 Å². The second-order valence-electron chi connectivity index (χ2n) is 8.16. The normalized spacial score (nSPS) is 18.4. The molecule has 2 aromatic rings. The molecular formula is C23H27FN6O4. The van der Waals surface area contributed by atoms with Gasteiger partial charge >= 0.3 is 12.1 Å². The quantitative estimate of drug-likeness (QED) is 0.695. The van der Waals surface area contributed by atoms with Crippen LogP contribution in [0.3, 0.4) is 0 Å². The minimum absolute atomic E-state index is 0.205. The Balaban J connectivity index is 1.37. The zero-order valence-electron chi connectivity index (χ0n) is 18.9. The first-order chi connectivity index (χ1) is 16.4. The maximum atomic E-state index is 15.1. The predicted octanol–water partition coefficient (Wildman–Crippen LogP) is 2.43. The zero-order chi connectivity index (χ0) is 24.1. The highest BCUT2D eigenvalue weighted by molar-refractivity contribution is 5.90. The summed E-state index contributed by atoms with van der Waals surface area (Å²) in [6.45, 7) is 3.86. The van der Waals surface area contributed by atoms with Crippen molar-refractivity contribution < 1.29 is 23.5 Å². The first-order valence-corrected chi connectivity index (χ1v) is 11.1. The van der Waals surface area contributed by atoms with Gasteiger partial charge in [-0.15, -0.1) is 0 Å². The molecule has 2 N–H and O–H groups in total. The summed E-state index contributed by atoms with van der Waals surface area (Å²) in [6.07, 6.45) is 1.22. The van der Waals surface area contributed by atoms with Gasteiger partial charge in [0.1, 0.15) is 17.7 Å². The van der Waals surface area contributed by atoms with E-state index >= 15 is 4.39 Å². The second kappa shape index (κ2) is 10.4. The van der Waals surface area contributed by atoms with Crippen molar-refractivity contribution in [3.05, 3.63) is 48.4 Å². The number of nitrogens with one attached hydrogen (secondary N) is 2. The topological polar surface area (TPSA) is 107 Å². The van der Waals surface area contributed by atoms with E-state index in [1.807, 2.05) is 4.90 Å². The van der Waals surface area contributed by atoms with Crippen molar-refractivity contribution in [1.29, 1.82) is 0 Å². The van der Waals surface area contributed by atoms with Gasteiger partial charge < -0.3 is 19.9 Å². The summed E-state index contributed by atoms with van der Waals surface area (Å²) in [5.41, 5.74) is 0.806. The van der Waals surface area contributed by atoms with Crippen LogP contribution in [0.1, 0.15) is 13.3 Å². The zero-order valence-corrected chi connectivity index (χ0v) is 18.9. The molecule has 2 fully saturated rings. The molecule has 0 unspecified atom stereocenters. The molecule has 4 amide bonds. The van der Waals surface area contributed by atoms with Crippen molar-refractivity contribution in [3.63, 3.8) is 0 Å². The Kier molecular flexibility index (Phi) is 7.09. The molecule has 0 bridgehead atoms. The van der Waals surface area contributed by atoms with Gasteiger partial charge in [0.2, 0.25) is 5.91 Å². The number of anilines is 3. The van der Waals surface area contributed by atoms with Crippen molar-refractivity contribution in [2.24, 2.45) is 0 Å². The number of carbonyl (C=O) groups excluding carboxylic acids is 3. The van der Waals surface area contributed by atoms with Crippen molar-refractivity contribution in [1.82, 2.24) is 15.2 Å². The minimum Gasteiger partial charge on any atom is -0.442 e. The number of nitrogens with zero attached hydrogens (tertiary/aromatic N) is 4. The molecule has 0 saturated carbocycles. The molecular weight excluding hydrogens is 443 g/mol. The van der Waals surface area contributed by atoms with Crippen molar-refractivity contribution >= 4 is 35.2 Å². The number of pyridine rings is 1. The number of hydrogen-bond donors (Lipinski definition) is 2. The first-order valence-electron chi connectivity index (χ1n) is 11.1. The Hall–Kier alpha value is -3.89. The highest BCUT2D eigenvalue weighted by atomic mass is 19.1. The highest BCUT2D eigenvalue weighted by Crippen LogP contribution is 2.28. The van der Waals surface area contributed by atoms with Crippen LogP contribution in [0.25, 0.3) is 0 Å². The van der Waals surface area contributed by atoms with Gasteiger partial charge in [0.05, 0.1) is 24.5 Å². The van der Waals surface area contributed by atoms with E-state index in [9.17, 15) is 14.4 Å². The Morgan fingerprint density at radius 3 is 2.76 bits per heavy atom. The lowest BCUT2D eigenvalue weighted by Gasteiger charge is -2.25. The second-order valence-corrected chi connectivity index (χ2v) is 8.16. The lowest BCUT2D eigenvalue weighted by Crippen LogP contribution is -2.38. The Morgan fingerprint density at radius 1 is 1.18 bits per heavy atom. The van der Waals surface area contributed by atoms with Gasteiger partial charge in [-0.05, 0) is 36.8 Å². The van der Waals surface area contributed by atoms with Crippen LogP contribution < -0.4 is 20.4 Å². The third kappa shape index (κ3) is 5.53. The summed E-state index contributed by atoms with van der Waals surface area (Å²) >= 11 is 0. The third-order valence-electron chi connectivity index (χ3n) is 5.72. The Labute approximate surface area is 196 Å². The Morgan fingerprint density at radius 2 is 2.03 bits per heavy atom. The molecule has 4 rings (SSSR count). The van der Waals surface area contributed by atoms with E-state index in [-0.39, 0.29) is 25.0 Å². The molecule has 0 spiro atoms. The number of ether oxygens (including phenoxy) is 1. The first kappa shape index (κ1) is 23.3. The molecule has 1 aromatic heterocycles. The monoisotopic (exact) mass is 470 g/mol. The SMILES string of the molecule is CC(=O)NC[C@H]1CN(c2ccc(N3CCCN(C(=O)Nc4ccccn4)CC3)c(F)c2)C(=O)O1. The number of benzene rings is 1. The van der Waals surface area contributed by atoms with E-state index in [1.165, 1.54) is 17.9 Å². The molecule has 180 valence electrons. The van der Waals surface area contributed by atoms with E-state index in [2.05, 4.69) is 15.6 Å². The van der Waals surface area contributed by atoms with Gasteiger partial charge in [-0.25, -0.2) is 19.0 Å². The van der Waals surface area contributed by atoms with E-state index in [0.29, 0.717) is 49.8 Å². The molecule has 2 aliphatic rings. The third-order valence-corrected chi connectivity index (χ3v) is 5.72. The van der Waals surface area contributed by atoms with E-state index in [0.717, 1.165) is 0 Å². The molecule has 10 nitrogen and oxygen atoms in total. The largest absolute Gasteiger partial charge is 0.442 e. The molecule has 1 atom stereocenters. The average molecular weight is 471 g/mol. The van der Waals surface area contributed by atoms with Crippen molar-refractivity contribution in [3.8, 4) is 0 Å². The molecule has 11 heteroatoms. The number of rotatable bonds is 5. The van der Waals surface area contributed by atoms with Crippen LogP contribution in [0.5, 0.6) is 0 Å². The fourth-order valence-corrected chi connectivity index (χ4v) is 4.00. The van der Waals surface area contributed by atoms with Gasteiger partial charge in [-0.1, -0.05) is 6.07 Å². The number of urea groups is 1. The molecule has 2 saturated heterocycles. The number of halogens is 1. The fraction of sp³-hybridized carbons (Fsp3) is 0.391. The van der Waals surface area contributed by atoms with Crippen LogP contribution in [0.4, 0.5) is 31.2 Å². The van der Waals surface area contributed by atoms with Crippen LogP contribution in [-0.2, 0) is 9.53 Å². The molecule has 34 heavy (non-hydrogen) atoms. The van der Waals surface area contributed by atoms with Crippen molar-refractivity contribution in [2.45, 2.75) is 19.4 Å². The number of carbonyl (C=O) groups is 3. The minimum atomic E-state index is -0.577. The van der Waals surface area contributed by atoms with Gasteiger partial charge in [-0.3, -0.25) is 15.0 Å². The molecule has 3 heterocycles. The summed E-state index contributed by atoms with van der Waals surface area (Å²) in [5, 5.41) is 5.39. The van der Waals surface area contributed by atoms with Crippen LogP contribution in [0.15, 0.2) is 42.6 Å². The molecule has 1 aromatic carbocycles. The maximum Gasteiger partial charge on any atom is 0.414 e. The van der Waals surface area contributed by atoms with Crippen LogP contribution >= 0.6 is 0 Å². The summed E-state index contributed by atoms with van der Waals surface area (Å²) in [4.78, 5) is 44.9. The standard InChI is InChI=1S/C23H27FN6O4/c1-16(31)26-14-18-15-30(23(33)34-18)17-6-7-20(19(24)13-17)28-9-4-10-29(12-11-28)22(32)27-21-5-2-3-8-25-21/h2-3,5-8,13,18H,4,9-12,14-15H2,1H3,(H,26,31)(H,25,27,32)/t18-/m0/s1. The number of cyclic esters (lactones) is 1. The molecule has 2 aliphatic heterocycles. The van der Waals surface area contributed by atoms with E-state index < -0.39 is 18.0 Å². The van der Waals surface area contributed by atoms with Crippen LogP contribution in [0.2, 0.25) is 0 Å². The van der Waals surface area contributed by atoms with Gasteiger partial charge in [0.15, 0.2) is 0 Å². The van der Waals surface area contributed by atoms with Gasteiger partial charge in [0, 0.05) is 39.3 Å². The fourth-order valence-electron chi connectivity index (χ4n) is 4.00. The maximum absolute atomic E-state index is 15.1. The van der Waals surface area contributed by atoms with E-state index in [4.69, 9.17) is 4.74 Å². The lowest BCUT2D eigenvalue weighted by atomic mass is 10.2. The number of hydrogen-bond acceptors (Lipinski definition) is 6. The highest BCUT2D eigenvalue weighted by Gasteiger charge is 2.33. The van der Waals surface area contributed by atoms with Gasteiger partial charge in [0.25, 0.3) is 0 Å². The van der Waals surface area contributed by atoms with Crippen molar-refractivity contribution in [2.75, 3.05) is 54.4 Å². The molecule has 0 aliphatic carbocycles. The summed E-state index contributed by atoms with van der Waals surface area (Å²) in [5.74, 6) is -0.188. The summed E-state index contributed by atoms with van der Waals surface area (Å²) < 4.78 is 20.3. The Bertz CT molecular complexity index is 1050. The number of amides is 4. The summed E-state index contributed by atoms with van der Waals surface area (Å²) in [6, 6.07) is 9.68. The average Bonchev–Trinajstić information content (AvgIpc) is 3.02. The summed E-state index contributed by atoms with van der Waals surface area (Å²) in [7, 11) is 0. The smallest absolute Gasteiger partial charge is 0.414 e. The predicted molar refractivity (Wildman–Crippen MR) is 124 cm³/mol. The number of aromatic nitrogens is 1. The lowest BCUT2D eigenvalue weighted by molar-refractivity contribution is -0.119. The van der Waals surface area contributed by atoms with E-state index in [1.54, 1.807) is 41.4 Å². The van der Waals surface area contributed by atoms with Gasteiger partial charge in [-0.2, -0.15) is 0 Å². The molecule has 0 radical (unpaired) electrons. The van der Waals surface area contributed by atoms with Crippen LogP contribution in [-0.4, -0.2) is 73.3 Å².